The largest absolute Gasteiger partial charge is 0.290 e. The number of nitrogens with zero attached hydrogens (tertiary/aromatic N) is 24. The van der Waals surface area contributed by atoms with Crippen molar-refractivity contribution in [1.82, 2.24) is 120 Å². The lowest BCUT2D eigenvalue weighted by molar-refractivity contribution is 1.05. The highest BCUT2D eigenvalue weighted by Gasteiger charge is 2.52. The van der Waals surface area contributed by atoms with Crippen LogP contribution in [0.5, 0.6) is 0 Å². The fourth-order valence-corrected chi connectivity index (χ4v) is 25.5. The molecule has 0 bridgehead atoms. The number of pyridine rings is 6. The van der Waals surface area contributed by atoms with E-state index >= 15 is 0 Å². The van der Waals surface area contributed by atoms with Gasteiger partial charge in [-0.3, -0.25) is 59.8 Å². The third-order valence-electron chi connectivity index (χ3n) is 19.5. The number of hydrogen-bond donors (Lipinski definition) is 0. The average molecular weight is 1570 g/mol. The van der Waals surface area contributed by atoms with Crippen molar-refractivity contribution in [3.8, 4) is 78.8 Å². The van der Waals surface area contributed by atoms with Crippen LogP contribution in [0.4, 0.5) is 0 Å². The van der Waals surface area contributed by atoms with E-state index in [0.29, 0.717) is 66.0 Å². The Bertz CT molecular complexity index is 5780. The molecule has 15 heterocycles. The molecule has 0 aliphatic carbocycles. The van der Waals surface area contributed by atoms with Crippen LogP contribution < -0.4 is 63.8 Å². The van der Waals surface area contributed by atoms with Gasteiger partial charge in [0, 0.05) is 163 Å². The minimum Gasteiger partial charge on any atom is -0.265 e. The maximum Gasteiger partial charge on any atom is 0.290 e. The van der Waals surface area contributed by atoms with Crippen molar-refractivity contribution in [3.63, 3.8) is 0 Å². The molecular formula is C90H64N24Si3. The summed E-state index contributed by atoms with van der Waals surface area (Å²) in [5.74, 6) is 0. The van der Waals surface area contributed by atoms with Crippen LogP contribution in [0.25, 0.3) is 78.8 Å². The van der Waals surface area contributed by atoms with Gasteiger partial charge in [-0.1, -0.05) is 146 Å². The molecule has 0 saturated heterocycles. The Balaban J connectivity index is 0.000000130. The highest BCUT2D eigenvalue weighted by Crippen LogP contribution is 2.22. The molecule has 4 aromatic carbocycles. The molecule has 2 atom stereocenters. The first-order chi connectivity index (χ1) is 58.0. The molecule has 19 aromatic rings. The van der Waals surface area contributed by atoms with Gasteiger partial charge in [0.05, 0.1) is 73.6 Å². The number of hydrogen-bond acceptors (Lipinski definition) is 24. The summed E-state index contributed by atoms with van der Waals surface area (Å²) in [6, 6.07) is 78.6. The zero-order valence-corrected chi connectivity index (χ0v) is 65.2. The fourth-order valence-electron chi connectivity index (χ4n) is 13.9. The van der Waals surface area contributed by atoms with Gasteiger partial charge in [0.15, 0.2) is 0 Å². The van der Waals surface area contributed by atoms with E-state index in [2.05, 4.69) is 163 Å². The second-order valence-corrected chi connectivity index (χ2v) is 37.0. The van der Waals surface area contributed by atoms with Crippen molar-refractivity contribution in [3.05, 3.63) is 392 Å². The summed E-state index contributed by atoms with van der Waals surface area (Å²) in [4.78, 5) is 102. The second-order valence-electron chi connectivity index (χ2n) is 26.3. The highest BCUT2D eigenvalue weighted by atomic mass is 28.3. The fraction of sp³-hybridized carbons (Fsp3) is 0. The molecule has 556 valence electrons. The monoisotopic (exact) mass is 1560 g/mol. The summed E-state index contributed by atoms with van der Waals surface area (Å²) in [6.45, 7) is 0. The Labute approximate surface area is 674 Å². The molecule has 0 radical (unpaired) electrons. The van der Waals surface area contributed by atoms with Crippen molar-refractivity contribution < 1.29 is 0 Å². The van der Waals surface area contributed by atoms with Gasteiger partial charge in [0.25, 0.3) is 16.1 Å². The van der Waals surface area contributed by atoms with Crippen LogP contribution >= 0.6 is 0 Å². The molecule has 0 saturated carbocycles. The van der Waals surface area contributed by atoms with E-state index in [1.165, 1.54) is 28.2 Å². The van der Waals surface area contributed by atoms with E-state index in [1.54, 1.807) is 130 Å². The van der Waals surface area contributed by atoms with Gasteiger partial charge in [0.1, 0.15) is 40.4 Å². The first kappa shape index (κ1) is 73.9. The van der Waals surface area contributed by atoms with Crippen molar-refractivity contribution in [2.24, 2.45) is 0 Å². The van der Waals surface area contributed by atoms with Gasteiger partial charge in [0.2, 0.25) is 8.07 Å². The number of aromatic nitrogens is 24. The van der Waals surface area contributed by atoms with Gasteiger partial charge in [-0.25, -0.2) is 49.8 Å². The molecule has 15 aromatic heterocycles. The highest BCUT2D eigenvalue weighted by molar-refractivity contribution is 7.19. The summed E-state index contributed by atoms with van der Waals surface area (Å²) >= 11 is 0. The molecule has 0 aliphatic heterocycles. The predicted octanol–water partition coefficient (Wildman–Crippen LogP) is 6.34. The van der Waals surface area contributed by atoms with Gasteiger partial charge in [-0.05, 0) is 112 Å². The van der Waals surface area contributed by atoms with Crippen molar-refractivity contribution in [2.45, 2.75) is 0 Å². The Hall–Kier alpha value is -15.8. The topological polar surface area (TPSA) is 309 Å². The summed E-state index contributed by atoms with van der Waals surface area (Å²) in [5, 5.41) is 17.1. The lowest BCUT2D eigenvalue weighted by atomic mass is 10.1. The smallest absolute Gasteiger partial charge is 0.265 e. The van der Waals surface area contributed by atoms with Crippen molar-refractivity contribution in [1.29, 1.82) is 0 Å². The Morgan fingerprint density at radius 1 is 0.154 bits per heavy atom. The van der Waals surface area contributed by atoms with E-state index in [-0.39, 0.29) is 0 Å². The molecule has 27 heteroatoms. The SMILES string of the molecule is c1ccc(-c2ccc([Si](c3ccncn3)(c3cnc(-c4cccnc4)cn3)c3ncccn3)nn2)nc1.c1ccc(-c2cnc([Si](c3ccc(-c4cccnc4)cn3)(c3cnc(-c4ccncc4)cn3)c3cnc(-c4ccncn4)cn3)nc2)nc1.c1ccc(-c2cnc([Si](c3ccccc3)(c3ccccc3)c3ccccc3)nc2)cc1. The molecule has 2 unspecified atom stereocenters. The van der Waals surface area contributed by atoms with Crippen LogP contribution in [0.3, 0.4) is 0 Å². The molecule has 117 heavy (non-hydrogen) atoms. The Morgan fingerprint density at radius 3 is 1.10 bits per heavy atom. The molecule has 0 amide bonds. The van der Waals surface area contributed by atoms with Gasteiger partial charge >= 0.3 is 0 Å². The quantitative estimate of drug-likeness (QED) is 0.0629. The van der Waals surface area contributed by atoms with Gasteiger partial charge in [-0.15, -0.1) is 5.10 Å². The summed E-state index contributed by atoms with van der Waals surface area (Å²) in [7, 11) is -9.51. The standard InChI is InChI=1S/C36H24N12Si.C28H22N2Si.C26H18N10Si/c1-2-12-40-29(5-1)28-18-46-36(47-19-28)49(33-7-6-27(17-43-33)26-4-3-11-38-16-26,34-22-41-31(20-44-34)25-8-13-37-14-9-25)35-23-42-32(21-45-35)30-10-15-39-24-48-30;1-5-13-23(14-6-1)24-21-29-28(30-22-24)31(25-15-7-2-8-16-25,26-17-9-3-10-18-26)27-19-11-4-12-20-27;1-2-11-29-20(6-1)21-7-8-24(36-35-21)37(23-9-14-28-18-34-23,26-30-12-4-13-31-26)25-17-32-22(16-33-25)19-5-3-10-27-15-19/h1-24H;1-22H;1-18H. The molecule has 19 rings (SSSR count). The third kappa shape index (κ3) is 15.4. The van der Waals surface area contributed by atoms with Crippen LogP contribution in [0.15, 0.2) is 392 Å². The third-order valence-corrected chi connectivity index (χ3v) is 32.2. The van der Waals surface area contributed by atoms with Crippen LogP contribution in [0.1, 0.15) is 0 Å². The molecular weight excluding hydrogens is 1500 g/mol. The maximum absolute atomic E-state index is 5.08. The lowest BCUT2D eigenvalue weighted by Gasteiger charge is -2.32. The Kier molecular flexibility index (Phi) is 22.0. The van der Waals surface area contributed by atoms with E-state index < -0.39 is 24.2 Å². The predicted molar refractivity (Wildman–Crippen MR) is 455 cm³/mol. The van der Waals surface area contributed by atoms with Crippen molar-refractivity contribution in [2.75, 3.05) is 0 Å². The van der Waals surface area contributed by atoms with Crippen LogP contribution in [0, 0.1) is 0 Å². The summed E-state index contributed by atoms with van der Waals surface area (Å²) in [5.41, 5.74) is 13.3. The first-order valence-corrected chi connectivity index (χ1v) is 43.0. The van der Waals surface area contributed by atoms with E-state index in [0.717, 1.165) is 61.1 Å². The van der Waals surface area contributed by atoms with Crippen LogP contribution in [-0.2, 0) is 0 Å². The second kappa shape index (κ2) is 34.8. The van der Waals surface area contributed by atoms with E-state index in [4.69, 9.17) is 59.9 Å². The summed E-state index contributed by atoms with van der Waals surface area (Å²) < 4.78 is 0. The molecule has 0 spiro atoms. The van der Waals surface area contributed by atoms with E-state index in [9.17, 15) is 0 Å². The van der Waals surface area contributed by atoms with Crippen molar-refractivity contribution >= 4 is 88.0 Å². The molecule has 0 fully saturated rings. The lowest BCUT2D eigenvalue weighted by Crippen LogP contribution is -2.78. The zero-order valence-electron chi connectivity index (χ0n) is 62.2. The molecule has 24 nitrogen and oxygen atoms in total. The Morgan fingerprint density at radius 2 is 0.598 bits per heavy atom. The van der Waals surface area contributed by atoms with Gasteiger partial charge in [-0.2, -0.15) is 5.10 Å². The normalized spacial score (nSPS) is 12.1. The minimum absolute atomic E-state index is 0.517. The van der Waals surface area contributed by atoms with Crippen LogP contribution in [-0.4, -0.2) is 144 Å². The first-order valence-electron chi connectivity index (χ1n) is 37.0. The van der Waals surface area contributed by atoms with Gasteiger partial charge < -0.3 is 0 Å². The minimum atomic E-state index is -3.56. The molecule has 0 aliphatic rings. The zero-order chi connectivity index (χ0) is 78.7. The molecule has 0 N–H and O–H groups in total. The maximum atomic E-state index is 5.08. The van der Waals surface area contributed by atoms with E-state index in [1.807, 2.05) is 146 Å². The average Bonchev–Trinajstić information content (AvgIpc) is 0.728. The van der Waals surface area contributed by atoms with Crippen LogP contribution in [0.2, 0.25) is 0 Å². The number of rotatable bonds is 19. The number of benzene rings is 4. The summed E-state index contributed by atoms with van der Waals surface area (Å²) in [6.07, 6.45) is 43.5.